The van der Waals surface area contributed by atoms with E-state index in [1.54, 1.807) is 0 Å². The van der Waals surface area contributed by atoms with E-state index in [0.29, 0.717) is 42.9 Å². The number of hydrogen-bond donors (Lipinski definition) is 9. The fourth-order valence-electron chi connectivity index (χ4n) is 7.19. The molecule has 0 heterocycles. The molecule has 0 amide bonds. The molecule has 392 valence electrons. The Morgan fingerprint density at radius 1 is 0.362 bits per heavy atom. The molecule has 0 bridgehead atoms. The van der Waals surface area contributed by atoms with Crippen LogP contribution in [0, 0.1) is 5.41 Å². The number of hydrogen-bond acceptors (Lipinski definition) is 9. The van der Waals surface area contributed by atoms with Crippen molar-refractivity contribution >= 4 is 17.9 Å². The second-order valence-corrected chi connectivity index (χ2v) is 24.6. The normalized spacial score (nSPS) is 12.4. The van der Waals surface area contributed by atoms with Crippen LogP contribution >= 0.6 is 0 Å². The molecule has 0 fully saturated rings. The van der Waals surface area contributed by atoms with Gasteiger partial charge in [-0.05, 0) is 108 Å². The number of carboxylic acids is 3. The maximum Gasteiger partial charge on any atom is 0.303 e. The molecule has 0 aliphatic rings. The van der Waals surface area contributed by atoms with Crippen LogP contribution in [0.4, 0.5) is 0 Å². The summed E-state index contributed by atoms with van der Waals surface area (Å²) in [5.74, 6) is -1.38. The molecule has 0 aromatic heterocycles. The Balaban J connectivity index is 0.000000923. The Morgan fingerprint density at radius 2 is 0.522 bits per heavy atom. The van der Waals surface area contributed by atoms with Gasteiger partial charge < -0.3 is 46.0 Å². The van der Waals surface area contributed by atoms with Crippen molar-refractivity contribution in [3.8, 4) is 17.2 Å². The standard InChI is InChI=1S/3C17H26O3.C6H14O3/c3*1-16(2,3)12-9-11(7-8-14(18)19)10-13(15(12)20)17(4,5)6;1-2-6(3-7,4-8)5-9/h3*9-10,20H,7-8H2,1-6H3,(H,18,19);7-9H,2-5H2,1H3. The van der Waals surface area contributed by atoms with E-state index in [2.05, 4.69) is 125 Å². The second kappa shape index (κ2) is 25.5. The Morgan fingerprint density at radius 3 is 0.609 bits per heavy atom. The van der Waals surface area contributed by atoms with Crippen molar-refractivity contribution in [1.29, 1.82) is 0 Å². The fraction of sp³-hybridized carbons (Fsp3) is 0.632. The molecule has 0 saturated heterocycles. The molecule has 0 aliphatic carbocycles. The van der Waals surface area contributed by atoms with Gasteiger partial charge in [-0.1, -0.05) is 168 Å². The van der Waals surface area contributed by atoms with Gasteiger partial charge in [0, 0.05) is 24.7 Å². The van der Waals surface area contributed by atoms with E-state index >= 15 is 0 Å². The van der Waals surface area contributed by atoms with E-state index in [1.165, 1.54) is 0 Å². The number of benzene rings is 3. The summed E-state index contributed by atoms with van der Waals surface area (Å²) in [5, 5.41) is 84.1. The molecule has 0 aliphatic heterocycles. The first-order chi connectivity index (χ1) is 31.0. The third kappa shape index (κ3) is 21.1. The lowest BCUT2D eigenvalue weighted by Crippen LogP contribution is -2.32. The van der Waals surface area contributed by atoms with Gasteiger partial charge in [-0.3, -0.25) is 14.4 Å². The van der Waals surface area contributed by atoms with Crippen LogP contribution in [0.5, 0.6) is 17.2 Å². The SMILES string of the molecule is CC(C)(C)c1cc(CCC(=O)O)cc(C(C)(C)C)c1O.CC(C)(C)c1cc(CCC(=O)O)cc(C(C)(C)C)c1O.CC(C)(C)c1cc(CCC(=O)O)cc(C(C)(C)C)c1O.CCC(CO)(CO)CO. The molecule has 0 saturated carbocycles. The summed E-state index contributed by atoms with van der Waals surface area (Å²) in [6.45, 7) is 38.3. The van der Waals surface area contributed by atoms with E-state index in [0.717, 1.165) is 50.1 Å². The molecule has 9 N–H and O–H groups in total. The summed E-state index contributed by atoms with van der Waals surface area (Å²) in [6.07, 6.45) is 2.38. The van der Waals surface area contributed by atoms with Gasteiger partial charge in [-0.2, -0.15) is 0 Å². The number of carboxylic acid groups (broad SMARTS) is 3. The fourth-order valence-corrected chi connectivity index (χ4v) is 7.19. The van der Waals surface area contributed by atoms with Crippen molar-refractivity contribution in [1.82, 2.24) is 0 Å². The third-order valence-corrected chi connectivity index (χ3v) is 12.0. The van der Waals surface area contributed by atoms with Gasteiger partial charge in [0.15, 0.2) is 0 Å². The summed E-state index contributed by atoms with van der Waals surface area (Å²) in [7, 11) is 0. The summed E-state index contributed by atoms with van der Waals surface area (Å²) in [6, 6.07) is 11.6. The number of rotatable bonds is 13. The molecule has 12 nitrogen and oxygen atoms in total. The van der Waals surface area contributed by atoms with E-state index in [1.807, 2.05) is 43.3 Å². The second-order valence-electron chi connectivity index (χ2n) is 24.6. The summed E-state index contributed by atoms with van der Waals surface area (Å²) < 4.78 is 0. The van der Waals surface area contributed by atoms with Crippen molar-refractivity contribution < 1.29 is 60.3 Å². The van der Waals surface area contributed by atoms with Crippen LogP contribution in [-0.4, -0.2) is 83.7 Å². The quantitative estimate of drug-likeness (QED) is 0.0778. The number of aliphatic carboxylic acids is 3. The average molecular weight is 969 g/mol. The number of aliphatic hydroxyl groups is 3. The molecular formula is C57H92O12. The predicted molar refractivity (Wildman–Crippen MR) is 278 cm³/mol. The summed E-state index contributed by atoms with van der Waals surface area (Å²) >= 11 is 0. The van der Waals surface area contributed by atoms with Crippen LogP contribution in [0.1, 0.15) is 207 Å². The highest BCUT2D eigenvalue weighted by atomic mass is 16.4. The average Bonchev–Trinajstić information content (AvgIpc) is 3.18. The van der Waals surface area contributed by atoms with Gasteiger partial charge in [0.2, 0.25) is 0 Å². The van der Waals surface area contributed by atoms with E-state index in [4.69, 9.17) is 30.6 Å². The third-order valence-electron chi connectivity index (χ3n) is 12.0. The van der Waals surface area contributed by atoms with Crippen molar-refractivity contribution in [3.63, 3.8) is 0 Å². The predicted octanol–water partition coefficient (Wildman–Crippen LogP) is 11.4. The maximum absolute atomic E-state index is 10.8. The molecule has 69 heavy (non-hydrogen) atoms. The topological polar surface area (TPSA) is 233 Å². The van der Waals surface area contributed by atoms with Crippen molar-refractivity contribution in [2.45, 2.75) is 209 Å². The van der Waals surface area contributed by atoms with Gasteiger partial charge in [0.25, 0.3) is 0 Å². The number of aryl methyl sites for hydroxylation is 3. The smallest absolute Gasteiger partial charge is 0.303 e. The summed E-state index contributed by atoms with van der Waals surface area (Å²) in [4.78, 5) is 32.3. The zero-order chi connectivity index (χ0) is 54.5. The van der Waals surface area contributed by atoms with Crippen LogP contribution in [0.2, 0.25) is 0 Å². The largest absolute Gasteiger partial charge is 0.507 e. The van der Waals surface area contributed by atoms with E-state index in [9.17, 15) is 29.7 Å². The monoisotopic (exact) mass is 969 g/mol. The molecule has 0 spiro atoms. The minimum Gasteiger partial charge on any atom is -0.507 e. The first kappa shape index (κ1) is 64.3. The lowest BCUT2D eigenvalue weighted by atomic mass is 9.78. The Kier molecular flexibility index (Phi) is 23.7. The summed E-state index contributed by atoms with van der Waals surface area (Å²) in [5.41, 5.74) is 6.47. The Labute approximate surface area is 414 Å². The van der Waals surface area contributed by atoms with Crippen molar-refractivity contribution in [2.24, 2.45) is 5.41 Å². The van der Waals surface area contributed by atoms with E-state index in [-0.39, 0.29) is 71.6 Å². The van der Waals surface area contributed by atoms with Gasteiger partial charge in [0.05, 0.1) is 19.8 Å². The van der Waals surface area contributed by atoms with Gasteiger partial charge >= 0.3 is 17.9 Å². The first-order valence-corrected chi connectivity index (χ1v) is 24.1. The highest BCUT2D eigenvalue weighted by Crippen LogP contribution is 2.42. The Bertz CT molecular complexity index is 1790. The van der Waals surface area contributed by atoms with Gasteiger partial charge in [-0.25, -0.2) is 0 Å². The lowest BCUT2D eigenvalue weighted by molar-refractivity contribution is -0.138. The number of aliphatic hydroxyl groups excluding tert-OH is 3. The number of phenols is 3. The van der Waals surface area contributed by atoms with Crippen LogP contribution in [0.3, 0.4) is 0 Å². The molecular weight excluding hydrogens is 877 g/mol. The van der Waals surface area contributed by atoms with Gasteiger partial charge in [0.1, 0.15) is 17.2 Å². The molecule has 3 aromatic rings. The van der Waals surface area contributed by atoms with Crippen LogP contribution in [-0.2, 0) is 66.1 Å². The number of carbonyl (C=O) groups is 3. The minimum atomic E-state index is -0.798. The highest BCUT2D eigenvalue weighted by Gasteiger charge is 2.30. The number of phenolic OH excluding ortho intramolecular Hbond substituents is 3. The molecule has 0 unspecified atom stereocenters. The molecule has 0 radical (unpaired) electrons. The van der Waals surface area contributed by atoms with Crippen molar-refractivity contribution in [3.05, 3.63) is 86.5 Å². The van der Waals surface area contributed by atoms with Crippen LogP contribution < -0.4 is 0 Å². The molecule has 12 heteroatoms. The lowest BCUT2D eigenvalue weighted by Gasteiger charge is -2.28. The molecule has 3 aromatic carbocycles. The van der Waals surface area contributed by atoms with Crippen LogP contribution in [0.25, 0.3) is 0 Å². The number of aromatic hydroxyl groups is 3. The zero-order valence-electron chi connectivity index (χ0n) is 45.8. The highest BCUT2D eigenvalue weighted by molar-refractivity contribution is 5.68. The minimum absolute atomic E-state index is 0.109. The Hall–Kier alpha value is -4.65. The molecule has 0 atom stereocenters. The van der Waals surface area contributed by atoms with Crippen molar-refractivity contribution in [2.75, 3.05) is 19.8 Å². The van der Waals surface area contributed by atoms with Gasteiger partial charge in [-0.15, -0.1) is 0 Å². The molecule has 3 rings (SSSR count). The zero-order valence-corrected chi connectivity index (χ0v) is 45.8. The van der Waals surface area contributed by atoms with Crippen LogP contribution in [0.15, 0.2) is 36.4 Å². The first-order valence-electron chi connectivity index (χ1n) is 24.1. The maximum atomic E-state index is 10.8. The van der Waals surface area contributed by atoms with E-state index < -0.39 is 23.3 Å².